The van der Waals surface area contributed by atoms with Crippen molar-refractivity contribution in [2.75, 3.05) is 5.32 Å². The first kappa shape index (κ1) is 15.8. The number of hydrogen-bond acceptors (Lipinski definition) is 4. The van der Waals surface area contributed by atoms with Crippen LogP contribution in [0, 0.1) is 13.8 Å². The molecule has 118 valence electrons. The van der Waals surface area contributed by atoms with Crippen LogP contribution < -0.4 is 16.2 Å². The molecule has 2 rings (SSSR count). The third-order valence-corrected chi connectivity index (χ3v) is 3.44. The van der Waals surface area contributed by atoms with Gasteiger partial charge in [-0.3, -0.25) is 4.79 Å². The van der Waals surface area contributed by atoms with E-state index in [4.69, 9.17) is 4.52 Å². The van der Waals surface area contributed by atoms with Crippen LogP contribution in [0.1, 0.15) is 23.9 Å². The van der Waals surface area contributed by atoms with Gasteiger partial charge in [0.25, 0.3) is 5.56 Å². The number of nitrogens with zero attached hydrogens (tertiary/aromatic N) is 2. The van der Waals surface area contributed by atoms with Gasteiger partial charge in [0.2, 0.25) is 0 Å². The fourth-order valence-electron chi connectivity index (χ4n) is 2.23. The molecule has 2 aromatic heterocycles. The highest BCUT2D eigenvalue weighted by Gasteiger charge is 2.15. The van der Waals surface area contributed by atoms with Crippen LogP contribution in [0.15, 0.2) is 27.6 Å². The maximum atomic E-state index is 12.0. The molecule has 0 aromatic carbocycles. The standard InChI is InChI=1S/C15H20N4O3/c1-9(8-12-10(2)18-22-11(12)3)16-15(21)17-13-6-5-7-19(4)14(13)20/h5-7,9H,8H2,1-4H3,(H2,16,17,21)/t9-/m1/s1. The Morgan fingerprint density at radius 2 is 2.18 bits per heavy atom. The van der Waals surface area contributed by atoms with Crippen LogP contribution in [0.5, 0.6) is 0 Å². The highest BCUT2D eigenvalue weighted by molar-refractivity contribution is 5.89. The van der Waals surface area contributed by atoms with Crippen LogP contribution in [-0.2, 0) is 13.5 Å². The lowest BCUT2D eigenvalue weighted by molar-refractivity contribution is 0.249. The van der Waals surface area contributed by atoms with E-state index in [-0.39, 0.29) is 17.3 Å². The highest BCUT2D eigenvalue weighted by atomic mass is 16.5. The predicted molar refractivity (Wildman–Crippen MR) is 83.0 cm³/mol. The molecule has 0 fully saturated rings. The minimum atomic E-state index is -0.414. The molecule has 7 nitrogen and oxygen atoms in total. The molecule has 0 saturated heterocycles. The minimum Gasteiger partial charge on any atom is -0.361 e. The van der Waals surface area contributed by atoms with E-state index in [0.717, 1.165) is 17.0 Å². The maximum Gasteiger partial charge on any atom is 0.319 e. The van der Waals surface area contributed by atoms with Gasteiger partial charge in [-0.25, -0.2) is 4.79 Å². The van der Waals surface area contributed by atoms with E-state index in [1.54, 1.807) is 25.4 Å². The minimum absolute atomic E-state index is 0.121. The number of urea groups is 1. The Labute approximate surface area is 128 Å². The Morgan fingerprint density at radius 1 is 1.45 bits per heavy atom. The number of hydrogen-bond donors (Lipinski definition) is 2. The lowest BCUT2D eigenvalue weighted by atomic mass is 10.1. The molecule has 2 N–H and O–H groups in total. The summed E-state index contributed by atoms with van der Waals surface area (Å²) >= 11 is 0. The molecule has 1 atom stereocenters. The Bertz CT molecular complexity index is 713. The molecule has 2 aromatic rings. The quantitative estimate of drug-likeness (QED) is 0.900. The summed E-state index contributed by atoms with van der Waals surface area (Å²) in [6.45, 7) is 5.59. The second kappa shape index (κ2) is 6.46. The fourth-order valence-corrected chi connectivity index (χ4v) is 2.23. The lowest BCUT2D eigenvalue weighted by Crippen LogP contribution is -2.39. The highest BCUT2D eigenvalue weighted by Crippen LogP contribution is 2.14. The number of pyridine rings is 1. The zero-order valence-corrected chi connectivity index (χ0v) is 13.1. The van der Waals surface area contributed by atoms with Crippen molar-refractivity contribution in [3.63, 3.8) is 0 Å². The van der Waals surface area contributed by atoms with Crippen LogP contribution in [0.4, 0.5) is 10.5 Å². The van der Waals surface area contributed by atoms with Crippen molar-refractivity contribution >= 4 is 11.7 Å². The first-order chi connectivity index (χ1) is 10.4. The van der Waals surface area contributed by atoms with Gasteiger partial charge in [-0.1, -0.05) is 5.16 Å². The summed E-state index contributed by atoms with van der Waals surface area (Å²) in [5, 5.41) is 9.26. The molecule has 2 amide bonds. The number of carbonyl (C=O) groups excluding carboxylic acids is 1. The Balaban J connectivity index is 1.97. The van der Waals surface area contributed by atoms with Gasteiger partial charge in [0.1, 0.15) is 11.4 Å². The Hall–Kier alpha value is -2.57. The van der Waals surface area contributed by atoms with E-state index in [0.29, 0.717) is 6.42 Å². The summed E-state index contributed by atoms with van der Waals surface area (Å²) in [6.07, 6.45) is 2.24. The molecule has 0 spiro atoms. The Kier molecular flexibility index (Phi) is 4.65. The molecule has 0 unspecified atom stereocenters. The average molecular weight is 304 g/mol. The van der Waals surface area contributed by atoms with E-state index in [1.807, 2.05) is 20.8 Å². The van der Waals surface area contributed by atoms with E-state index in [1.165, 1.54) is 4.57 Å². The van der Waals surface area contributed by atoms with E-state index < -0.39 is 6.03 Å². The van der Waals surface area contributed by atoms with Gasteiger partial charge in [0.15, 0.2) is 0 Å². The number of aromatic nitrogens is 2. The monoisotopic (exact) mass is 304 g/mol. The third-order valence-electron chi connectivity index (χ3n) is 3.44. The molecular formula is C15H20N4O3. The number of carbonyl (C=O) groups is 1. The Morgan fingerprint density at radius 3 is 2.82 bits per heavy atom. The molecule has 0 saturated carbocycles. The van der Waals surface area contributed by atoms with Crippen molar-refractivity contribution < 1.29 is 9.32 Å². The molecule has 2 heterocycles. The SMILES string of the molecule is Cc1noc(C)c1C[C@@H](C)NC(=O)Nc1cccn(C)c1=O. The molecular weight excluding hydrogens is 284 g/mol. The van der Waals surface area contributed by atoms with Crippen LogP contribution in [0.3, 0.4) is 0 Å². The van der Waals surface area contributed by atoms with Crippen molar-refractivity contribution in [1.82, 2.24) is 15.0 Å². The molecule has 0 aliphatic heterocycles. The molecule has 7 heteroatoms. The maximum absolute atomic E-state index is 12.0. The number of rotatable bonds is 4. The van der Waals surface area contributed by atoms with Crippen molar-refractivity contribution in [1.29, 1.82) is 0 Å². The van der Waals surface area contributed by atoms with Gasteiger partial charge in [0, 0.05) is 24.8 Å². The topological polar surface area (TPSA) is 89.2 Å². The van der Waals surface area contributed by atoms with Crippen LogP contribution in [-0.4, -0.2) is 21.8 Å². The summed E-state index contributed by atoms with van der Waals surface area (Å²) in [5.41, 5.74) is 1.80. The summed E-state index contributed by atoms with van der Waals surface area (Å²) in [6, 6.07) is 2.73. The van der Waals surface area contributed by atoms with Gasteiger partial charge in [-0.15, -0.1) is 0 Å². The van der Waals surface area contributed by atoms with Gasteiger partial charge in [-0.2, -0.15) is 0 Å². The van der Waals surface area contributed by atoms with E-state index in [2.05, 4.69) is 15.8 Å². The zero-order valence-electron chi connectivity index (χ0n) is 13.1. The number of nitrogens with one attached hydrogen (secondary N) is 2. The summed E-state index contributed by atoms with van der Waals surface area (Å²) in [5.74, 6) is 0.753. The molecule has 22 heavy (non-hydrogen) atoms. The molecule has 0 aliphatic rings. The third kappa shape index (κ3) is 3.55. The van der Waals surface area contributed by atoms with Crippen molar-refractivity contribution in [3.8, 4) is 0 Å². The van der Waals surface area contributed by atoms with Gasteiger partial charge >= 0.3 is 6.03 Å². The van der Waals surface area contributed by atoms with Gasteiger partial charge in [-0.05, 0) is 39.3 Å². The fraction of sp³-hybridized carbons (Fsp3) is 0.400. The first-order valence-corrected chi connectivity index (χ1v) is 7.03. The van der Waals surface area contributed by atoms with Crippen molar-refractivity contribution in [2.45, 2.75) is 33.2 Å². The number of anilines is 1. The summed E-state index contributed by atoms with van der Waals surface area (Å²) in [7, 11) is 1.63. The normalized spacial score (nSPS) is 12.0. The summed E-state index contributed by atoms with van der Waals surface area (Å²) in [4.78, 5) is 23.8. The molecule has 0 bridgehead atoms. The van der Waals surface area contributed by atoms with Crippen LogP contribution >= 0.6 is 0 Å². The van der Waals surface area contributed by atoms with Gasteiger partial charge < -0.3 is 19.7 Å². The molecule has 0 radical (unpaired) electrons. The van der Waals surface area contributed by atoms with Gasteiger partial charge in [0.05, 0.1) is 5.69 Å². The predicted octanol–water partition coefficient (Wildman–Crippen LogP) is 1.74. The van der Waals surface area contributed by atoms with Crippen LogP contribution in [0.25, 0.3) is 0 Å². The van der Waals surface area contributed by atoms with Crippen molar-refractivity contribution in [2.24, 2.45) is 7.05 Å². The smallest absolute Gasteiger partial charge is 0.319 e. The zero-order chi connectivity index (χ0) is 16.3. The van der Waals surface area contributed by atoms with E-state index >= 15 is 0 Å². The summed E-state index contributed by atoms with van der Waals surface area (Å²) < 4.78 is 6.51. The second-order valence-electron chi connectivity index (χ2n) is 5.34. The van der Waals surface area contributed by atoms with Crippen LogP contribution in [0.2, 0.25) is 0 Å². The number of amides is 2. The second-order valence-corrected chi connectivity index (χ2v) is 5.34. The first-order valence-electron chi connectivity index (χ1n) is 7.03. The lowest BCUT2D eigenvalue weighted by Gasteiger charge is -2.14. The largest absolute Gasteiger partial charge is 0.361 e. The van der Waals surface area contributed by atoms with E-state index in [9.17, 15) is 9.59 Å². The van der Waals surface area contributed by atoms with Crippen molar-refractivity contribution in [3.05, 3.63) is 45.7 Å². The number of aryl methyl sites for hydroxylation is 3. The molecule has 0 aliphatic carbocycles. The average Bonchev–Trinajstić information content (AvgIpc) is 2.75.